The molecule has 0 spiro atoms. The van der Waals surface area contributed by atoms with Crippen molar-refractivity contribution < 1.29 is 9.13 Å². The second-order valence-electron chi connectivity index (χ2n) is 4.46. The van der Waals surface area contributed by atoms with Gasteiger partial charge in [-0.05, 0) is 30.7 Å². The first kappa shape index (κ1) is 14.0. The minimum atomic E-state index is -0.580. The molecule has 2 N–H and O–H groups in total. The van der Waals surface area contributed by atoms with Gasteiger partial charge in [0.05, 0.1) is 11.6 Å². The number of ether oxygens (including phenoxy) is 1. The van der Waals surface area contributed by atoms with Crippen molar-refractivity contribution >= 4 is 0 Å². The summed E-state index contributed by atoms with van der Waals surface area (Å²) in [7, 11) is 0. The maximum Gasteiger partial charge on any atom is 0.139 e. The highest BCUT2D eigenvalue weighted by Gasteiger charge is 2.16. The summed E-state index contributed by atoms with van der Waals surface area (Å²) in [5, 5.41) is 8.92. The second-order valence-corrected chi connectivity index (χ2v) is 4.46. The van der Waals surface area contributed by atoms with E-state index < -0.39 is 6.10 Å². The SMILES string of the molecule is Cc1ccc(C#N)cc1OC(CN)c1ccccc1F. The summed E-state index contributed by atoms with van der Waals surface area (Å²) >= 11 is 0. The average molecular weight is 270 g/mol. The van der Waals surface area contributed by atoms with E-state index in [1.807, 2.05) is 6.92 Å². The van der Waals surface area contributed by atoms with Crippen LogP contribution in [0.3, 0.4) is 0 Å². The van der Waals surface area contributed by atoms with Crippen LogP contribution in [-0.2, 0) is 0 Å². The van der Waals surface area contributed by atoms with Gasteiger partial charge in [0.2, 0.25) is 0 Å². The van der Waals surface area contributed by atoms with Crippen LogP contribution in [0.4, 0.5) is 4.39 Å². The first-order valence-electron chi connectivity index (χ1n) is 6.27. The fraction of sp³-hybridized carbons (Fsp3) is 0.188. The van der Waals surface area contributed by atoms with Crippen molar-refractivity contribution in [3.63, 3.8) is 0 Å². The van der Waals surface area contributed by atoms with Gasteiger partial charge < -0.3 is 10.5 Å². The Bertz CT molecular complexity index is 649. The maximum atomic E-state index is 13.8. The Morgan fingerprint density at radius 2 is 2.05 bits per heavy atom. The van der Waals surface area contributed by atoms with Gasteiger partial charge >= 0.3 is 0 Å². The Labute approximate surface area is 117 Å². The summed E-state index contributed by atoms with van der Waals surface area (Å²) in [6.45, 7) is 2.02. The monoisotopic (exact) mass is 270 g/mol. The third-order valence-electron chi connectivity index (χ3n) is 3.05. The molecule has 0 bridgehead atoms. The first-order chi connectivity index (χ1) is 9.65. The number of hydrogen-bond acceptors (Lipinski definition) is 3. The number of benzene rings is 2. The van der Waals surface area contributed by atoms with Crippen LogP contribution in [0.1, 0.15) is 22.8 Å². The van der Waals surface area contributed by atoms with E-state index in [0.29, 0.717) is 16.9 Å². The number of halogens is 1. The standard InChI is InChI=1S/C16H15FN2O/c1-11-6-7-12(9-18)8-15(11)20-16(10-19)13-4-2-3-5-14(13)17/h2-8,16H,10,19H2,1H3. The summed E-state index contributed by atoms with van der Waals surface area (Å²) in [4.78, 5) is 0. The van der Waals surface area contributed by atoms with Crippen LogP contribution in [0.15, 0.2) is 42.5 Å². The van der Waals surface area contributed by atoms with Crippen molar-refractivity contribution in [1.29, 1.82) is 5.26 Å². The van der Waals surface area contributed by atoms with Gasteiger partial charge in [-0.1, -0.05) is 24.3 Å². The van der Waals surface area contributed by atoms with Crippen molar-refractivity contribution in [2.75, 3.05) is 6.54 Å². The molecule has 0 saturated heterocycles. The van der Waals surface area contributed by atoms with Crippen LogP contribution in [0.5, 0.6) is 5.75 Å². The Kier molecular flexibility index (Phi) is 4.34. The van der Waals surface area contributed by atoms with Crippen molar-refractivity contribution in [1.82, 2.24) is 0 Å². The third kappa shape index (κ3) is 2.95. The Balaban J connectivity index is 2.32. The fourth-order valence-electron chi connectivity index (χ4n) is 1.92. The van der Waals surface area contributed by atoms with Gasteiger partial charge in [0.15, 0.2) is 0 Å². The van der Waals surface area contributed by atoms with Crippen LogP contribution in [0.2, 0.25) is 0 Å². The summed E-state index contributed by atoms with van der Waals surface area (Å²) in [5.41, 5.74) is 7.47. The minimum Gasteiger partial charge on any atom is -0.484 e. The molecule has 2 aromatic rings. The minimum absolute atomic E-state index is 0.150. The second kappa shape index (κ2) is 6.18. The average Bonchev–Trinajstić information content (AvgIpc) is 2.47. The summed E-state index contributed by atoms with van der Waals surface area (Å²) in [5.74, 6) is 0.194. The molecule has 20 heavy (non-hydrogen) atoms. The van der Waals surface area contributed by atoms with Crippen molar-refractivity contribution in [3.05, 3.63) is 65.0 Å². The zero-order valence-corrected chi connectivity index (χ0v) is 11.1. The molecule has 102 valence electrons. The molecule has 0 fully saturated rings. The van der Waals surface area contributed by atoms with Crippen LogP contribution in [0, 0.1) is 24.1 Å². The van der Waals surface area contributed by atoms with Gasteiger partial charge in [0.25, 0.3) is 0 Å². The van der Waals surface area contributed by atoms with Gasteiger partial charge in [0, 0.05) is 12.1 Å². The number of nitriles is 1. The van der Waals surface area contributed by atoms with Crippen LogP contribution >= 0.6 is 0 Å². The molecule has 1 atom stereocenters. The van der Waals surface area contributed by atoms with Crippen LogP contribution < -0.4 is 10.5 Å². The highest BCUT2D eigenvalue weighted by Crippen LogP contribution is 2.26. The quantitative estimate of drug-likeness (QED) is 0.928. The first-order valence-corrected chi connectivity index (χ1v) is 6.27. The Morgan fingerprint density at radius 3 is 2.70 bits per heavy atom. The summed E-state index contributed by atoms with van der Waals surface area (Å²) < 4.78 is 19.6. The van der Waals surface area contributed by atoms with Crippen molar-refractivity contribution in [3.8, 4) is 11.8 Å². The highest BCUT2D eigenvalue weighted by molar-refractivity contribution is 5.42. The van der Waals surface area contributed by atoms with Crippen LogP contribution in [-0.4, -0.2) is 6.54 Å². The van der Waals surface area contributed by atoms with Crippen molar-refractivity contribution in [2.24, 2.45) is 5.73 Å². The van der Waals surface area contributed by atoms with Crippen molar-refractivity contribution in [2.45, 2.75) is 13.0 Å². The lowest BCUT2D eigenvalue weighted by Gasteiger charge is -2.19. The number of nitrogens with zero attached hydrogens (tertiary/aromatic N) is 1. The van der Waals surface area contributed by atoms with E-state index in [4.69, 9.17) is 15.7 Å². The summed E-state index contributed by atoms with van der Waals surface area (Å²) in [6.07, 6.45) is -0.580. The molecule has 0 saturated carbocycles. The molecule has 0 aliphatic carbocycles. The molecular weight excluding hydrogens is 255 g/mol. The lowest BCUT2D eigenvalue weighted by Crippen LogP contribution is -2.20. The largest absolute Gasteiger partial charge is 0.484 e. The van der Waals surface area contributed by atoms with E-state index >= 15 is 0 Å². The van der Waals surface area contributed by atoms with E-state index in [0.717, 1.165) is 5.56 Å². The third-order valence-corrected chi connectivity index (χ3v) is 3.05. The molecule has 0 aliphatic rings. The lowest BCUT2D eigenvalue weighted by molar-refractivity contribution is 0.207. The van der Waals surface area contributed by atoms with Gasteiger partial charge in [-0.2, -0.15) is 5.26 Å². The number of rotatable bonds is 4. The van der Waals surface area contributed by atoms with E-state index in [1.54, 1.807) is 36.4 Å². The van der Waals surface area contributed by atoms with Gasteiger partial charge in [-0.15, -0.1) is 0 Å². The number of hydrogen-bond donors (Lipinski definition) is 1. The van der Waals surface area contributed by atoms with Gasteiger partial charge in [-0.3, -0.25) is 0 Å². The van der Waals surface area contributed by atoms with E-state index in [1.165, 1.54) is 6.07 Å². The fourth-order valence-corrected chi connectivity index (χ4v) is 1.92. The molecule has 2 rings (SSSR count). The molecule has 3 nitrogen and oxygen atoms in total. The normalized spacial score (nSPS) is 11.7. The summed E-state index contributed by atoms with van der Waals surface area (Å²) in [6, 6.07) is 13.6. The van der Waals surface area contributed by atoms with Crippen LogP contribution in [0.25, 0.3) is 0 Å². The zero-order valence-electron chi connectivity index (χ0n) is 11.1. The molecule has 4 heteroatoms. The highest BCUT2D eigenvalue weighted by atomic mass is 19.1. The topological polar surface area (TPSA) is 59.0 Å². The predicted octanol–water partition coefficient (Wildman–Crippen LogP) is 3.08. The molecule has 0 heterocycles. The van der Waals surface area contributed by atoms with Gasteiger partial charge in [-0.25, -0.2) is 4.39 Å². The van der Waals surface area contributed by atoms with E-state index in [2.05, 4.69) is 6.07 Å². The Morgan fingerprint density at radius 1 is 1.30 bits per heavy atom. The van der Waals surface area contributed by atoms with E-state index in [-0.39, 0.29) is 12.4 Å². The maximum absolute atomic E-state index is 13.8. The smallest absolute Gasteiger partial charge is 0.139 e. The van der Waals surface area contributed by atoms with E-state index in [9.17, 15) is 4.39 Å². The van der Waals surface area contributed by atoms with Gasteiger partial charge in [0.1, 0.15) is 17.7 Å². The molecule has 0 amide bonds. The molecule has 0 aliphatic heterocycles. The zero-order chi connectivity index (χ0) is 14.5. The Hall–Kier alpha value is -2.38. The molecule has 0 radical (unpaired) electrons. The molecular formula is C16H15FN2O. The number of aryl methyl sites for hydroxylation is 1. The molecule has 1 unspecified atom stereocenters. The molecule has 2 aromatic carbocycles. The lowest BCUT2D eigenvalue weighted by atomic mass is 10.1. The predicted molar refractivity (Wildman–Crippen MR) is 74.7 cm³/mol. The number of nitrogens with two attached hydrogens (primary N) is 1. The molecule has 0 aromatic heterocycles.